The van der Waals surface area contributed by atoms with Crippen LogP contribution >= 0.6 is 0 Å². The summed E-state index contributed by atoms with van der Waals surface area (Å²) in [7, 11) is 0. The maximum absolute atomic E-state index is 10.8. The zero-order chi connectivity index (χ0) is 19.0. The standard InChI is InChI=1S/C21H34O5.Zn/c1-2-3-4-5-6-7-8-9-10-11-14-25-15-16-26-18-12-13-19(21(23)24)20(22)17-18;/h12-13,17,22H,2-11,14-16H2,1H3,(H,23,24);. The Morgan fingerprint density at radius 1 is 0.889 bits per heavy atom. The van der Waals surface area contributed by atoms with Crippen LogP contribution in [-0.2, 0) is 24.2 Å². The van der Waals surface area contributed by atoms with Gasteiger partial charge in [0.15, 0.2) is 0 Å². The number of hydrogen-bond acceptors (Lipinski definition) is 4. The molecule has 0 heterocycles. The SMILES string of the molecule is CCCCCCCCCCCCOCCOc1ccc(C(=O)O)c(O)c1.[Zn]. The topological polar surface area (TPSA) is 76.0 Å². The minimum Gasteiger partial charge on any atom is -0.507 e. The van der Waals surface area contributed by atoms with Crippen molar-refractivity contribution in [2.24, 2.45) is 0 Å². The molecule has 1 aromatic carbocycles. The number of phenols is 1. The quantitative estimate of drug-likeness (QED) is 0.270. The molecule has 0 amide bonds. The summed E-state index contributed by atoms with van der Waals surface area (Å²) in [5.41, 5.74) is -0.130. The van der Waals surface area contributed by atoms with Gasteiger partial charge in [0.2, 0.25) is 0 Å². The molecule has 0 saturated heterocycles. The molecule has 0 atom stereocenters. The third kappa shape index (κ3) is 12.8. The van der Waals surface area contributed by atoms with Gasteiger partial charge in [-0.3, -0.25) is 0 Å². The Bertz CT molecular complexity index is 507. The van der Waals surface area contributed by atoms with Crippen molar-refractivity contribution in [3.63, 3.8) is 0 Å². The monoisotopic (exact) mass is 430 g/mol. The molecular weight excluding hydrogens is 398 g/mol. The van der Waals surface area contributed by atoms with Gasteiger partial charge in [-0.05, 0) is 18.6 Å². The van der Waals surface area contributed by atoms with Gasteiger partial charge in [0, 0.05) is 32.2 Å². The van der Waals surface area contributed by atoms with Crippen LogP contribution in [0.2, 0.25) is 0 Å². The van der Waals surface area contributed by atoms with E-state index in [2.05, 4.69) is 6.92 Å². The molecule has 0 spiro atoms. The Morgan fingerprint density at radius 2 is 1.48 bits per heavy atom. The van der Waals surface area contributed by atoms with E-state index in [0.29, 0.717) is 19.0 Å². The zero-order valence-electron chi connectivity index (χ0n) is 16.8. The molecule has 0 aromatic heterocycles. The van der Waals surface area contributed by atoms with E-state index >= 15 is 0 Å². The van der Waals surface area contributed by atoms with Crippen LogP contribution in [0.4, 0.5) is 0 Å². The van der Waals surface area contributed by atoms with Crippen molar-refractivity contribution in [3.8, 4) is 11.5 Å². The first-order chi connectivity index (χ1) is 12.6. The second-order valence-electron chi connectivity index (χ2n) is 6.63. The summed E-state index contributed by atoms with van der Waals surface area (Å²) in [6.07, 6.45) is 13.1. The Hall–Kier alpha value is -1.13. The molecule has 0 radical (unpaired) electrons. The van der Waals surface area contributed by atoms with Crippen LogP contribution in [0.3, 0.4) is 0 Å². The number of carboxylic acid groups (broad SMARTS) is 1. The number of rotatable bonds is 16. The first-order valence-corrected chi connectivity index (χ1v) is 9.92. The van der Waals surface area contributed by atoms with Crippen LogP contribution in [-0.4, -0.2) is 36.0 Å². The van der Waals surface area contributed by atoms with Gasteiger partial charge in [-0.15, -0.1) is 0 Å². The number of carboxylic acids is 1. The van der Waals surface area contributed by atoms with Crippen LogP contribution in [0.25, 0.3) is 0 Å². The maximum atomic E-state index is 10.8. The van der Waals surface area contributed by atoms with Gasteiger partial charge in [0.1, 0.15) is 23.7 Å². The molecule has 1 rings (SSSR count). The number of benzene rings is 1. The van der Waals surface area contributed by atoms with E-state index in [1.54, 1.807) is 0 Å². The summed E-state index contributed by atoms with van der Waals surface area (Å²) < 4.78 is 11.0. The van der Waals surface area contributed by atoms with Crippen LogP contribution in [0.15, 0.2) is 18.2 Å². The van der Waals surface area contributed by atoms with Gasteiger partial charge in [-0.2, -0.15) is 0 Å². The van der Waals surface area contributed by atoms with E-state index in [4.69, 9.17) is 14.6 Å². The fourth-order valence-electron chi connectivity index (χ4n) is 2.79. The van der Waals surface area contributed by atoms with E-state index < -0.39 is 5.97 Å². The van der Waals surface area contributed by atoms with Crippen molar-refractivity contribution in [2.75, 3.05) is 19.8 Å². The van der Waals surface area contributed by atoms with Gasteiger partial charge >= 0.3 is 5.97 Å². The van der Waals surface area contributed by atoms with Gasteiger partial charge in [-0.25, -0.2) is 4.79 Å². The Morgan fingerprint density at radius 3 is 2.04 bits per heavy atom. The summed E-state index contributed by atoms with van der Waals surface area (Å²) in [5, 5.41) is 18.4. The van der Waals surface area contributed by atoms with Crippen molar-refractivity contribution < 1.29 is 44.0 Å². The smallest absolute Gasteiger partial charge is 0.339 e. The minimum absolute atomic E-state index is 0. The first-order valence-electron chi connectivity index (χ1n) is 9.92. The largest absolute Gasteiger partial charge is 0.507 e. The van der Waals surface area contributed by atoms with Crippen molar-refractivity contribution in [3.05, 3.63) is 23.8 Å². The number of ether oxygens (including phenoxy) is 2. The predicted molar refractivity (Wildman–Crippen MR) is 103 cm³/mol. The number of carbonyl (C=O) groups is 1. The van der Waals surface area contributed by atoms with Crippen molar-refractivity contribution in [1.82, 2.24) is 0 Å². The van der Waals surface area contributed by atoms with Crippen molar-refractivity contribution >= 4 is 5.97 Å². The second-order valence-corrected chi connectivity index (χ2v) is 6.63. The molecule has 5 nitrogen and oxygen atoms in total. The van der Waals surface area contributed by atoms with Gasteiger partial charge in [0.25, 0.3) is 0 Å². The summed E-state index contributed by atoms with van der Waals surface area (Å²) >= 11 is 0. The molecule has 27 heavy (non-hydrogen) atoms. The molecule has 0 aliphatic carbocycles. The van der Waals surface area contributed by atoms with E-state index in [1.165, 1.54) is 76.0 Å². The third-order valence-electron chi connectivity index (χ3n) is 4.34. The van der Waals surface area contributed by atoms with Crippen molar-refractivity contribution in [2.45, 2.75) is 71.1 Å². The second kappa shape index (κ2) is 17.0. The van der Waals surface area contributed by atoms with Crippen LogP contribution in [0.5, 0.6) is 11.5 Å². The Labute approximate surface area is 176 Å². The van der Waals surface area contributed by atoms with Gasteiger partial charge in [-0.1, -0.05) is 64.7 Å². The van der Waals surface area contributed by atoms with Gasteiger partial charge in [0.05, 0.1) is 6.61 Å². The van der Waals surface area contributed by atoms with E-state index in [9.17, 15) is 9.90 Å². The van der Waals surface area contributed by atoms with Crippen molar-refractivity contribution in [1.29, 1.82) is 0 Å². The predicted octanol–water partition coefficient (Wildman–Crippen LogP) is 5.40. The summed E-state index contributed by atoms with van der Waals surface area (Å²) in [6.45, 7) is 3.85. The molecule has 1 aromatic rings. The molecule has 150 valence electrons. The third-order valence-corrected chi connectivity index (χ3v) is 4.34. The maximum Gasteiger partial charge on any atom is 0.339 e. The van der Waals surface area contributed by atoms with E-state index in [0.717, 1.165) is 13.0 Å². The minimum atomic E-state index is -1.16. The molecule has 0 fully saturated rings. The molecule has 0 unspecified atom stereocenters. The van der Waals surface area contributed by atoms with Crippen LogP contribution < -0.4 is 4.74 Å². The van der Waals surface area contributed by atoms with Crippen LogP contribution in [0, 0.1) is 0 Å². The van der Waals surface area contributed by atoms with E-state index in [-0.39, 0.29) is 30.8 Å². The molecular formula is C21H34O5Zn. The summed E-state index contributed by atoms with van der Waals surface area (Å²) in [4.78, 5) is 10.8. The number of aromatic hydroxyl groups is 1. The fraction of sp³-hybridized carbons (Fsp3) is 0.667. The average Bonchev–Trinajstić information content (AvgIpc) is 2.61. The summed E-state index contributed by atoms with van der Waals surface area (Å²) in [6, 6.07) is 4.18. The Kier molecular flexibility index (Phi) is 16.3. The fourth-order valence-corrected chi connectivity index (χ4v) is 2.79. The first kappa shape index (κ1) is 25.9. The Balaban J connectivity index is 0.00000676. The van der Waals surface area contributed by atoms with E-state index in [1.807, 2.05) is 0 Å². The molecule has 0 saturated carbocycles. The molecule has 0 aliphatic rings. The average molecular weight is 432 g/mol. The van der Waals surface area contributed by atoms with Gasteiger partial charge < -0.3 is 19.7 Å². The molecule has 6 heteroatoms. The zero-order valence-corrected chi connectivity index (χ0v) is 19.7. The van der Waals surface area contributed by atoms with Crippen LogP contribution in [0.1, 0.15) is 81.5 Å². The summed E-state index contributed by atoms with van der Waals surface area (Å²) in [5.74, 6) is -1.01. The molecule has 2 N–H and O–H groups in total. The normalized spacial score (nSPS) is 10.4. The number of hydrogen-bond donors (Lipinski definition) is 2. The number of aromatic carboxylic acids is 1. The molecule has 0 aliphatic heterocycles. The number of unbranched alkanes of at least 4 members (excludes halogenated alkanes) is 9. The molecule has 0 bridgehead atoms.